The maximum absolute atomic E-state index is 13.9. The minimum absolute atomic E-state index is 0.0595. The zero-order chi connectivity index (χ0) is 31.4. The molecule has 1 saturated carbocycles. The van der Waals surface area contributed by atoms with Crippen molar-refractivity contribution >= 4 is 17.8 Å². The summed E-state index contributed by atoms with van der Waals surface area (Å²) in [5, 5.41) is 23.5. The first-order chi connectivity index (χ1) is 21.1. The van der Waals surface area contributed by atoms with Gasteiger partial charge < -0.3 is 25.2 Å². The number of carbonyl (C=O) groups excluding carboxylic acids is 2. The second-order valence-corrected chi connectivity index (χ2v) is 13.0. The fourth-order valence-electron chi connectivity index (χ4n) is 7.31. The van der Waals surface area contributed by atoms with E-state index in [1.165, 1.54) is 0 Å². The number of nitrogens with zero attached hydrogens (tertiary/aromatic N) is 2. The van der Waals surface area contributed by atoms with Gasteiger partial charge in [-0.25, -0.2) is 4.79 Å². The number of carboxylic acid groups (broad SMARTS) is 1. The second kappa shape index (κ2) is 13.7. The summed E-state index contributed by atoms with van der Waals surface area (Å²) in [5.74, 6) is 0.196. The molecule has 0 radical (unpaired) electrons. The zero-order valence-electron chi connectivity index (χ0n) is 26.3. The van der Waals surface area contributed by atoms with Crippen molar-refractivity contribution in [3.05, 3.63) is 58.7 Å². The Morgan fingerprint density at radius 3 is 2.27 bits per heavy atom. The van der Waals surface area contributed by atoms with Gasteiger partial charge in [0.05, 0.1) is 11.7 Å². The second-order valence-electron chi connectivity index (χ2n) is 13.0. The number of unbranched alkanes of at least 4 members (excludes halogenated alkanes) is 1. The smallest absolute Gasteiger partial charge is 0.335 e. The molecule has 1 unspecified atom stereocenters. The quantitative estimate of drug-likeness (QED) is 0.341. The molecule has 2 aliphatic heterocycles. The van der Waals surface area contributed by atoms with Crippen LogP contribution in [0.3, 0.4) is 0 Å². The number of ether oxygens (including phenoxy) is 1. The van der Waals surface area contributed by atoms with Crippen LogP contribution in [-0.4, -0.2) is 75.1 Å². The fourth-order valence-corrected chi connectivity index (χ4v) is 7.31. The summed E-state index contributed by atoms with van der Waals surface area (Å²) in [4.78, 5) is 43.1. The van der Waals surface area contributed by atoms with E-state index in [4.69, 9.17) is 4.74 Å². The number of rotatable bonds is 10. The van der Waals surface area contributed by atoms with E-state index in [1.807, 2.05) is 43.0 Å². The highest BCUT2D eigenvalue weighted by Gasteiger charge is 2.55. The molecule has 0 bridgehead atoms. The SMILES string of the molecule is CCCCN1C(=O)[C@@H](C(O)C2CCCCC2)NC(=O)C12CCN(Cc1ccc(Oc3c(C)cc(C(=O)O)cc3C)cc1)CC2. The highest BCUT2D eigenvalue weighted by atomic mass is 16.5. The third-order valence-corrected chi connectivity index (χ3v) is 9.91. The summed E-state index contributed by atoms with van der Waals surface area (Å²) in [5.41, 5.74) is 2.02. The molecular formula is C35H47N3O6. The first-order valence-corrected chi connectivity index (χ1v) is 16.3. The van der Waals surface area contributed by atoms with Crippen LogP contribution < -0.4 is 10.1 Å². The summed E-state index contributed by atoms with van der Waals surface area (Å²) >= 11 is 0. The van der Waals surface area contributed by atoms with Crippen LogP contribution >= 0.6 is 0 Å². The average Bonchev–Trinajstić information content (AvgIpc) is 3.02. The molecule has 1 spiro atoms. The van der Waals surface area contributed by atoms with Crippen LogP contribution in [0.2, 0.25) is 0 Å². The van der Waals surface area contributed by atoms with E-state index in [2.05, 4.69) is 17.1 Å². The summed E-state index contributed by atoms with van der Waals surface area (Å²) in [7, 11) is 0. The van der Waals surface area contributed by atoms with E-state index in [9.17, 15) is 24.6 Å². The van der Waals surface area contributed by atoms with Crippen molar-refractivity contribution in [3.8, 4) is 11.5 Å². The number of aromatic carboxylic acids is 1. The Labute approximate surface area is 260 Å². The maximum Gasteiger partial charge on any atom is 0.335 e. The van der Waals surface area contributed by atoms with Crippen molar-refractivity contribution < 1.29 is 29.3 Å². The number of aryl methyl sites for hydroxylation is 2. The van der Waals surface area contributed by atoms with Gasteiger partial charge in [0.2, 0.25) is 11.8 Å². The van der Waals surface area contributed by atoms with Gasteiger partial charge in [0, 0.05) is 26.2 Å². The largest absolute Gasteiger partial charge is 0.478 e. The number of likely N-dealkylation sites (tertiary alicyclic amines) is 1. The predicted octanol–water partition coefficient (Wildman–Crippen LogP) is 5.20. The summed E-state index contributed by atoms with van der Waals surface area (Å²) in [6.07, 6.45) is 7.14. The summed E-state index contributed by atoms with van der Waals surface area (Å²) < 4.78 is 6.12. The Hall–Kier alpha value is -3.43. The average molecular weight is 606 g/mol. The van der Waals surface area contributed by atoms with Gasteiger partial charge in [-0.2, -0.15) is 0 Å². The number of aliphatic hydroxyl groups excluding tert-OH is 1. The Morgan fingerprint density at radius 2 is 1.68 bits per heavy atom. The predicted molar refractivity (Wildman–Crippen MR) is 168 cm³/mol. The molecule has 1 aliphatic carbocycles. The molecule has 44 heavy (non-hydrogen) atoms. The number of piperidine rings is 1. The normalized spacial score (nSPS) is 21.7. The summed E-state index contributed by atoms with van der Waals surface area (Å²) in [6.45, 7) is 8.40. The molecule has 2 atom stereocenters. The minimum atomic E-state index is -0.960. The molecule has 9 nitrogen and oxygen atoms in total. The van der Waals surface area contributed by atoms with Gasteiger partial charge in [-0.15, -0.1) is 0 Å². The standard InChI is InChI=1S/C35H47N3O6/c1-4-5-17-38-32(40)29(30(39)26-9-7-6-8-10-26)36-34(43)35(38)15-18-37(19-16-35)22-25-11-13-28(14-12-25)44-31-23(2)20-27(33(41)42)21-24(31)3/h11-14,20-21,26,29-30,39H,4-10,15-19,22H2,1-3H3,(H,36,43)(H,41,42)/t29-,30?/m1/s1. The van der Waals surface area contributed by atoms with E-state index < -0.39 is 23.7 Å². The van der Waals surface area contributed by atoms with Crippen LogP contribution in [0.4, 0.5) is 0 Å². The van der Waals surface area contributed by atoms with Gasteiger partial charge in [0.15, 0.2) is 0 Å². The van der Waals surface area contributed by atoms with Crippen molar-refractivity contribution in [2.24, 2.45) is 5.92 Å². The lowest BCUT2D eigenvalue weighted by Crippen LogP contribution is -2.75. The van der Waals surface area contributed by atoms with Gasteiger partial charge >= 0.3 is 5.97 Å². The highest BCUT2D eigenvalue weighted by molar-refractivity contribution is 6.00. The van der Waals surface area contributed by atoms with E-state index in [1.54, 1.807) is 12.1 Å². The Bertz CT molecular complexity index is 1320. The van der Waals surface area contributed by atoms with Gasteiger partial charge in [0.1, 0.15) is 23.1 Å². The van der Waals surface area contributed by atoms with Crippen LogP contribution in [0.1, 0.15) is 91.8 Å². The number of nitrogens with one attached hydrogen (secondary N) is 1. The zero-order valence-corrected chi connectivity index (χ0v) is 26.3. The van der Waals surface area contributed by atoms with E-state index >= 15 is 0 Å². The van der Waals surface area contributed by atoms with Crippen molar-refractivity contribution in [1.29, 1.82) is 0 Å². The molecule has 2 saturated heterocycles. The third kappa shape index (κ3) is 6.64. The first kappa shape index (κ1) is 32.0. The Balaban J connectivity index is 1.22. The Morgan fingerprint density at radius 1 is 1.05 bits per heavy atom. The van der Waals surface area contributed by atoms with E-state index in [-0.39, 0.29) is 23.3 Å². The first-order valence-electron chi connectivity index (χ1n) is 16.3. The van der Waals surface area contributed by atoms with E-state index in [0.29, 0.717) is 44.0 Å². The van der Waals surface area contributed by atoms with E-state index in [0.717, 1.165) is 68.2 Å². The van der Waals surface area contributed by atoms with Crippen LogP contribution in [-0.2, 0) is 16.1 Å². The van der Waals surface area contributed by atoms with Crippen LogP contribution in [0.15, 0.2) is 36.4 Å². The summed E-state index contributed by atoms with van der Waals surface area (Å²) in [6, 6.07) is 10.3. The maximum atomic E-state index is 13.9. The number of benzene rings is 2. The van der Waals surface area contributed by atoms with Crippen LogP contribution in [0, 0.1) is 19.8 Å². The van der Waals surface area contributed by atoms with Gasteiger partial charge in [-0.1, -0.05) is 44.7 Å². The molecule has 2 heterocycles. The van der Waals surface area contributed by atoms with Crippen molar-refractivity contribution in [2.75, 3.05) is 19.6 Å². The molecule has 2 aromatic carbocycles. The molecule has 3 fully saturated rings. The molecule has 0 aromatic heterocycles. The number of aliphatic hydroxyl groups is 1. The number of hydrogen-bond donors (Lipinski definition) is 3. The number of carboxylic acids is 1. The minimum Gasteiger partial charge on any atom is -0.478 e. The lowest BCUT2D eigenvalue weighted by Gasteiger charge is -2.52. The van der Waals surface area contributed by atoms with Crippen LogP contribution in [0.5, 0.6) is 11.5 Å². The number of piperazine rings is 1. The van der Waals surface area contributed by atoms with Crippen molar-refractivity contribution in [3.63, 3.8) is 0 Å². The number of amides is 2. The van der Waals surface area contributed by atoms with Gasteiger partial charge in [-0.05, 0) is 92.8 Å². The molecule has 5 rings (SSSR count). The molecule has 238 valence electrons. The molecule has 3 N–H and O–H groups in total. The molecule has 2 aromatic rings. The van der Waals surface area contributed by atoms with Gasteiger partial charge in [0.25, 0.3) is 0 Å². The molecule has 3 aliphatic rings. The topological polar surface area (TPSA) is 119 Å². The molecule has 9 heteroatoms. The lowest BCUT2D eigenvalue weighted by molar-refractivity contribution is -0.166. The van der Waals surface area contributed by atoms with Crippen molar-refractivity contribution in [2.45, 2.75) is 103 Å². The molecular weight excluding hydrogens is 558 g/mol. The highest BCUT2D eigenvalue weighted by Crippen LogP contribution is 2.37. The van der Waals surface area contributed by atoms with Crippen molar-refractivity contribution in [1.82, 2.24) is 15.1 Å². The third-order valence-electron chi connectivity index (χ3n) is 9.91. The monoisotopic (exact) mass is 605 g/mol. The molecule has 2 amide bonds. The van der Waals surface area contributed by atoms with Crippen LogP contribution in [0.25, 0.3) is 0 Å². The van der Waals surface area contributed by atoms with Gasteiger partial charge in [-0.3, -0.25) is 14.5 Å². The Kier molecular flexibility index (Phi) is 9.95. The number of hydrogen-bond acceptors (Lipinski definition) is 6. The lowest BCUT2D eigenvalue weighted by atomic mass is 9.78. The fraction of sp³-hybridized carbons (Fsp3) is 0.571. The number of carbonyl (C=O) groups is 3.